The predicted molar refractivity (Wildman–Crippen MR) is 127 cm³/mol. The van der Waals surface area contributed by atoms with Gasteiger partial charge in [-0.15, -0.1) is 0 Å². The number of thioether (sulfide) groups is 1. The van der Waals surface area contributed by atoms with Crippen LogP contribution in [-0.2, 0) is 6.61 Å². The molecule has 0 aliphatic carbocycles. The molecule has 1 aromatic heterocycles. The van der Waals surface area contributed by atoms with E-state index in [4.69, 9.17) is 25.8 Å². The highest BCUT2D eigenvalue weighted by Crippen LogP contribution is 2.29. The summed E-state index contributed by atoms with van der Waals surface area (Å²) >= 11 is 7.78. The van der Waals surface area contributed by atoms with Crippen LogP contribution in [0.2, 0.25) is 5.02 Å². The lowest BCUT2D eigenvalue weighted by molar-refractivity contribution is 0.295. The number of hydrogen-bond donors (Lipinski definition) is 0. The van der Waals surface area contributed by atoms with Gasteiger partial charge in [0.05, 0.1) is 19.4 Å². The van der Waals surface area contributed by atoms with Crippen LogP contribution in [0.25, 0.3) is 5.69 Å². The zero-order valence-corrected chi connectivity index (χ0v) is 19.2. The van der Waals surface area contributed by atoms with E-state index in [0.717, 1.165) is 23.5 Å². The molecule has 0 bridgehead atoms. The van der Waals surface area contributed by atoms with Crippen molar-refractivity contribution in [1.29, 1.82) is 0 Å². The average Bonchev–Trinajstić information content (AvgIpc) is 2.79. The minimum Gasteiger partial charge on any atom is -0.493 e. The predicted octanol–water partition coefficient (Wildman–Crippen LogP) is 5.60. The van der Waals surface area contributed by atoms with E-state index in [2.05, 4.69) is 6.92 Å². The normalized spacial score (nSPS) is 10.7. The molecule has 0 atom stereocenters. The van der Waals surface area contributed by atoms with Gasteiger partial charge in [0.15, 0.2) is 11.5 Å². The van der Waals surface area contributed by atoms with Crippen LogP contribution >= 0.6 is 23.4 Å². The number of methoxy groups -OCH3 is 1. The molecule has 0 aliphatic rings. The molecule has 0 radical (unpaired) electrons. The Kier molecular flexibility index (Phi) is 8.74. The first kappa shape index (κ1) is 23.1. The summed E-state index contributed by atoms with van der Waals surface area (Å²) < 4.78 is 18.6. The maximum atomic E-state index is 12.7. The Morgan fingerprint density at radius 3 is 2.52 bits per heavy atom. The fourth-order valence-electron chi connectivity index (χ4n) is 2.93. The Hall–Kier alpha value is -2.57. The van der Waals surface area contributed by atoms with Gasteiger partial charge in [0.1, 0.15) is 12.4 Å². The first-order chi connectivity index (χ1) is 15.1. The van der Waals surface area contributed by atoms with Crippen LogP contribution in [0.5, 0.6) is 17.2 Å². The SMILES string of the molecule is CCSCCCOc1ccc(-n2ccc(COc3ccc(Cl)cc3)cc2=O)cc1OC. The highest BCUT2D eigenvalue weighted by molar-refractivity contribution is 7.99. The molecule has 2 aromatic carbocycles. The van der Waals surface area contributed by atoms with Gasteiger partial charge in [-0.1, -0.05) is 18.5 Å². The Labute approximate surface area is 191 Å². The smallest absolute Gasteiger partial charge is 0.255 e. The molecule has 0 N–H and O–H groups in total. The quantitative estimate of drug-likeness (QED) is 0.349. The van der Waals surface area contributed by atoms with E-state index >= 15 is 0 Å². The third kappa shape index (κ3) is 6.71. The Bertz CT molecular complexity index is 1040. The molecule has 0 unspecified atom stereocenters. The van der Waals surface area contributed by atoms with E-state index in [1.807, 2.05) is 30.0 Å². The van der Waals surface area contributed by atoms with Crippen molar-refractivity contribution in [1.82, 2.24) is 4.57 Å². The standard InChI is InChI=1S/C24H26ClNO4S/c1-3-31-14-4-13-29-22-10-7-20(16-23(22)28-2)26-12-11-18(15-24(26)27)17-30-21-8-5-19(25)6-9-21/h5-12,15-16H,3-4,13-14,17H2,1-2H3. The number of aromatic nitrogens is 1. The first-order valence-corrected chi connectivity index (χ1v) is 11.6. The lowest BCUT2D eigenvalue weighted by Gasteiger charge is -2.13. The van der Waals surface area contributed by atoms with Crippen LogP contribution in [0.3, 0.4) is 0 Å². The summed E-state index contributed by atoms with van der Waals surface area (Å²) in [5.41, 5.74) is 1.35. The van der Waals surface area contributed by atoms with Gasteiger partial charge in [-0.05, 0) is 66.0 Å². The number of rotatable bonds is 11. The number of hydrogen-bond acceptors (Lipinski definition) is 5. The zero-order valence-electron chi connectivity index (χ0n) is 17.7. The molecule has 0 spiro atoms. The van der Waals surface area contributed by atoms with E-state index in [0.29, 0.717) is 41.2 Å². The van der Waals surface area contributed by atoms with Crippen LogP contribution in [-0.4, -0.2) is 29.8 Å². The van der Waals surface area contributed by atoms with Crippen molar-refractivity contribution in [3.05, 3.63) is 81.7 Å². The van der Waals surface area contributed by atoms with Gasteiger partial charge in [0, 0.05) is 23.4 Å². The fourth-order valence-corrected chi connectivity index (χ4v) is 3.67. The monoisotopic (exact) mass is 459 g/mol. The molecule has 164 valence electrons. The lowest BCUT2D eigenvalue weighted by atomic mass is 10.2. The summed E-state index contributed by atoms with van der Waals surface area (Å²) in [5.74, 6) is 4.15. The highest BCUT2D eigenvalue weighted by Gasteiger charge is 2.09. The summed E-state index contributed by atoms with van der Waals surface area (Å²) in [6.07, 6.45) is 2.71. The van der Waals surface area contributed by atoms with Crippen LogP contribution in [0.4, 0.5) is 0 Å². The molecular formula is C24H26ClNO4S. The van der Waals surface area contributed by atoms with Gasteiger partial charge in [-0.3, -0.25) is 9.36 Å². The molecule has 0 saturated heterocycles. The van der Waals surface area contributed by atoms with Gasteiger partial charge in [-0.25, -0.2) is 0 Å². The summed E-state index contributed by atoms with van der Waals surface area (Å²) in [6.45, 7) is 3.07. The Balaban J connectivity index is 1.67. The van der Waals surface area contributed by atoms with Crippen molar-refractivity contribution < 1.29 is 14.2 Å². The number of ether oxygens (including phenoxy) is 3. The van der Waals surface area contributed by atoms with E-state index in [-0.39, 0.29) is 5.56 Å². The second-order valence-electron chi connectivity index (χ2n) is 6.72. The largest absolute Gasteiger partial charge is 0.493 e. The number of nitrogens with zero attached hydrogens (tertiary/aromatic N) is 1. The summed E-state index contributed by atoms with van der Waals surface area (Å²) in [4.78, 5) is 12.7. The Morgan fingerprint density at radius 2 is 1.81 bits per heavy atom. The molecule has 3 aromatic rings. The number of pyridine rings is 1. The van der Waals surface area contributed by atoms with Crippen molar-refractivity contribution in [3.8, 4) is 22.9 Å². The van der Waals surface area contributed by atoms with Gasteiger partial charge >= 0.3 is 0 Å². The van der Waals surface area contributed by atoms with Crippen LogP contribution < -0.4 is 19.8 Å². The third-order valence-electron chi connectivity index (χ3n) is 4.52. The van der Waals surface area contributed by atoms with Crippen molar-refractivity contribution >= 4 is 23.4 Å². The molecule has 0 saturated carbocycles. The van der Waals surface area contributed by atoms with Gasteiger partial charge in [-0.2, -0.15) is 11.8 Å². The Morgan fingerprint density at radius 1 is 1.00 bits per heavy atom. The molecule has 5 nitrogen and oxygen atoms in total. The molecular weight excluding hydrogens is 434 g/mol. The zero-order chi connectivity index (χ0) is 22.1. The van der Waals surface area contributed by atoms with E-state index in [1.54, 1.807) is 54.3 Å². The highest BCUT2D eigenvalue weighted by atomic mass is 35.5. The molecule has 0 amide bonds. The molecule has 3 rings (SSSR count). The lowest BCUT2D eigenvalue weighted by Crippen LogP contribution is -2.18. The van der Waals surface area contributed by atoms with Crippen molar-refractivity contribution in [2.45, 2.75) is 20.0 Å². The summed E-state index contributed by atoms with van der Waals surface area (Å²) in [6, 6.07) is 16.0. The fraction of sp³-hybridized carbons (Fsp3) is 0.292. The van der Waals surface area contributed by atoms with Crippen LogP contribution in [0.1, 0.15) is 18.9 Å². The van der Waals surface area contributed by atoms with Crippen molar-refractivity contribution in [2.75, 3.05) is 25.2 Å². The summed E-state index contributed by atoms with van der Waals surface area (Å²) in [5, 5.41) is 0.650. The maximum Gasteiger partial charge on any atom is 0.255 e. The first-order valence-electron chi connectivity index (χ1n) is 10.1. The minimum atomic E-state index is -0.149. The van der Waals surface area contributed by atoms with E-state index in [1.165, 1.54) is 0 Å². The van der Waals surface area contributed by atoms with Crippen LogP contribution in [0.15, 0.2) is 65.6 Å². The molecule has 31 heavy (non-hydrogen) atoms. The van der Waals surface area contributed by atoms with Crippen molar-refractivity contribution in [2.24, 2.45) is 0 Å². The maximum absolute atomic E-state index is 12.7. The molecule has 1 heterocycles. The van der Waals surface area contributed by atoms with E-state index in [9.17, 15) is 4.79 Å². The third-order valence-corrected chi connectivity index (χ3v) is 5.76. The minimum absolute atomic E-state index is 0.149. The van der Waals surface area contributed by atoms with Gasteiger partial charge in [0.2, 0.25) is 0 Å². The van der Waals surface area contributed by atoms with Gasteiger partial charge in [0.25, 0.3) is 5.56 Å². The van der Waals surface area contributed by atoms with Gasteiger partial charge < -0.3 is 14.2 Å². The number of halogens is 1. The van der Waals surface area contributed by atoms with E-state index < -0.39 is 0 Å². The molecule has 0 fully saturated rings. The summed E-state index contributed by atoms with van der Waals surface area (Å²) in [7, 11) is 1.60. The number of benzene rings is 2. The van der Waals surface area contributed by atoms with Crippen LogP contribution in [0, 0.1) is 0 Å². The second-order valence-corrected chi connectivity index (χ2v) is 8.55. The second kappa shape index (κ2) is 11.7. The topological polar surface area (TPSA) is 49.7 Å². The van der Waals surface area contributed by atoms with Crippen molar-refractivity contribution in [3.63, 3.8) is 0 Å². The average molecular weight is 460 g/mol. The molecule has 0 aliphatic heterocycles. The molecule has 7 heteroatoms.